The van der Waals surface area contributed by atoms with Crippen LogP contribution in [0.1, 0.15) is 30.6 Å². The topological polar surface area (TPSA) is 54.0 Å². The highest BCUT2D eigenvalue weighted by Crippen LogP contribution is 2.31. The highest BCUT2D eigenvalue weighted by molar-refractivity contribution is 7.98. The number of hydrogen-bond acceptors (Lipinski definition) is 5. The molecule has 1 atom stereocenters. The summed E-state index contributed by atoms with van der Waals surface area (Å²) in [5, 5.41) is 7.03. The van der Waals surface area contributed by atoms with E-state index in [1.54, 1.807) is 23.1 Å². The van der Waals surface area contributed by atoms with E-state index in [4.69, 9.17) is 0 Å². The minimum Gasteiger partial charge on any atom is -0.317 e. The fourth-order valence-corrected chi connectivity index (χ4v) is 3.83. The smallest absolute Gasteiger partial charge is 0.229 e. The summed E-state index contributed by atoms with van der Waals surface area (Å²) in [4.78, 5) is 17.6. The van der Waals surface area contributed by atoms with Crippen LogP contribution < -0.4 is 10.6 Å². The van der Waals surface area contributed by atoms with E-state index in [1.165, 1.54) is 17.7 Å². The molecule has 1 aliphatic heterocycles. The van der Waals surface area contributed by atoms with Crippen molar-refractivity contribution in [3.8, 4) is 0 Å². The molecule has 2 heterocycles. The Labute approximate surface area is 122 Å². The van der Waals surface area contributed by atoms with E-state index in [2.05, 4.69) is 15.6 Å². The molecule has 1 aromatic heterocycles. The highest BCUT2D eigenvalue weighted by atomic mass is 32.2. The van der Waals surface area contributed by atoms with E-state index in [-0.39, 0.29) is 11.8 Å². The number of thiazole rings is 1. The van der Waals surface area contributed by atoms with E-state index >= 15 is 0 Å². The number of aromatic nitrogens is 1. The van der Waals surface area contributed by atoms with Crippen molar-refractivity contribution in [2.45, 2.75) is 25.7 Å². The van der Waals surface area contributed by atoms with Gasteiger partial charge in [-0.3, -0.25) is 4.79 Å². The Kier molecular flexibility index (Phi) is 5.66. The van der Waals surface area contributed by atoms with Crippen LogP contribution in [-0.4, -0.2) is 36.0 Å². The lowest BCUT2D eigenvalue weighted by Gasteiger charge is -2.20. The zero-order valence-electron chi connectivity index (χ0n) is 11.4. The molecule has 1 aromatic rings. The first-order valence-electron chi connectivity index (χ1n) is 6.67. The molecule has 0 aromatic carbocycles. The van der Waals surface area contributed by atoms with Crippen LogP contribution in [0, 0.1) is 5.92 Å². The zero-order chi connectivity index (χ0) is 13.7. The molecule has 106 valence electrons. The predicted octanol–water partition coefficient (Wildman–Crippen LogP) is 2.55. The normalized spacial score (nSPS) is 18.2. The number of amides is 1. The molecule has 19 heavy (non-hydrogen) atoms. The maximum absolute atomic E-state index is 11.9. The standard InChI is InChI=1S/C13H21N3OS2/c1-9(8-18-2)12(17)16-13-15-7-11(19-13)10-3-5-14-6-4-10/h7,9-10,14H,3-6,8H2,1-2H3,(H,15,16,17). The quantitative estimate of drug-likeness (QED) is 0.877. The van der Waals surface area contributed by atoms with Crippen molar-refractivity contribution in [2.24, 2.45) is 5.92 Å². The van der Waals surface area contributed by atoms with Gasteiger partial charge in [0.15, 0.2) is 5.13 Å². The Morgan fingerprint density at radius 2 is 2.37 bits per heavy atom. The number of thioether (sulfide) groups is 1. The van der Waals surface area contributed by atoms with E-state index in [9.17, 15) is 4.79 Å². The molecule has 1 unspecified atom stereocenters. The Hall–Kier alpha value is -0.590. The fourth-order valence-electron chi connectivity index (χ4n) is 2.19. The first-order valence-corrected chi connectivity index (χ1v) is 8.88. The molecular weight excluding hydrogens is 278 g/mol. The Bertz CT molecular complexity index is 416. The molecule has 0 bridgehead atoms. The van der Waals surface area contributed by atoms with Crippen molar-refractivity contribution in [3.63, 3.8) is 0 Å². The molecule has 0 aliphatic carbocycles. The van der Waals surface area contributed by atoms with E-state index in [0.29, 0.717) is 5.92 Å². The molecular formula is C13H21N3OS2. The molecule has 1 aliphatic rings. The van der Waals surface area contributed by atoms with Crippen molar-refractivity contribution in [1.29, 1.82) is 0 Å². The van der Waals surface area contributed by atoms with Crippen LogP contribution in [0.2, 0.25) is 0 Å². The second-order valence-corrected chi connectivity index (χ2v) is 6.91. The summed E-state index contributed by atoms with van der Waals surface area (Å²) < 4.78 is 0. The van der Waals surface area contributed by atoms with Gasteiger partial charge in [0.05, 0.1) is 0 Å². The Morgan fingerprint density at radius 3 is 3.05 bits per heavy atom. The third kappa shape index (κ3) is 4.19. The first-order chi connectivity index (χ1) is 9.20. The van der Waals surface area contributed by atoms with Gasteiger partial charge in [-0.15, -0.1) is 11.3 Å². The number of carbonyl (C=O) groups is 1. The van der Waals surface area contributed by atoms with Gasteiger partial charge in [0, 0.05) is 22.7 Å². The lowest BCUT2D eigenvalue weighted by atomic mass is 9.97. The third-order valence-electron chi connectivity index (χ3n) is 3.36. The van der Waals surface area contributed by atoms with Gasteiger partial charge < -0.3 is 10.6 Å². The average Bonchev–Trinajstić information content (AvgIpc) is 2.88. The van der Waals surface area contributed by atoms with Crippen molar-refractivity contribution in [3.05, 3.63) is 11.1 Å². The second-order valence-electron chi connectivity index (χ2n) is 4.94. The minimum atomic E-state index is 0.0289. The highest BCUT2D eigenvalue weighted by Gasteiger charge is 2.19. The van der Waals surface area contributed by atoms with Gasteiger partial charge in [-0.1, -0.05) is 6.92 Å². The molecule has 4 nitrogen and oxygen atoms in total. The SMILES string of the molecule is CSCC(C)C(=O)Nc1ncc(C2CCNCC2)s1. The molecule has 0 spiro atoms. The van der Waals surface area contributed by atoms with E-state index in [1.807, 2.05) is 19.4 Å². The number of hydrogen-bond donors (Lipinski definition) is 2. The maximum Gasteiger partial charge on any atom is 0.229 e. The van der Waals surface area contributed by atoms with Gasteiger partial charge in [-0.2, -0.15) is 11.8 Å². The molecule has 1 amide bonds. The van der Waals surface area contributed by atoms with Crippen molar-refractivity contribution in [1.82, 2.24) is 10.3 Å². The maximum atomic E-state index is 11.9. The molecule has 2 rings (SSSR count). The predicted molar refractivity (Wildman–Crippen MR) is 83.1 cm³/mol. The zero-order valence-corrected chi connectivity index (χ0v) is 13.1. The van der Waals surface area contributed by atoms with Gasteiger partial charge in [-0.05, 0) is 38.1 Å². The molecule has 1 fully saturated rings. The van der Waals surface area contributed by atoms with Gasteiger partial charge in [-0.25, -0.2) is 4.98 Å². The van der Waals surface area contributed by atoms with Gasteiger partial charge in [0.25, 0.3) is 0 Å². The summed E-state index contributed by atoms with van der Waals surface area (Å²) in [5.41, 5.74) is 0. The number of anilines is 1. The number of piperidine rings is 1. The van der Waals surface area contributed by atoms with Crippen LogP contribution in [0.5, 0.6) is 0 Å². The van der Waals surface area contributed by atoms with Gasteiger partial charge in [0.1, 0.15) is 0 Å². The van der Waals surface area contributed by atoms with Crippen molar-refractivity contribution < 1.29 is 4.79 Å². The van der Waals surface area contributed by atoms with Crippen LogP contribution in [0.4, 0.5) is 5.13 Å². The van der Waals surface area contributed by atoms with E-state index < -0.39 is 0 Å². The molecule has 0 radical (unpaired) electrons. The summed E-state index contributed by atoms with van der Waals surface area (Å²) in [6.07, 6.45) is 6.27. The van der Waals surface area contributed by atoms with Gasteiger partial charge in [0.2, 0.25) is 5.91 Å². The van der Waals surface area contributed by atoms with E-state index in [0.717, 1.165) is 24.0 Å². The largest absolute Gasteiger partial charge is 0.317 e. The van der Waals surface area contributed by atoms with Crippen LogP contribution >= 0.6 is 23.1 Å². The number of carbonyl (C=O) groups excluding carboxylic acids is 1. The van der Waals surface area contributed by atoms with Crippen LogP contribution in [-0.2, 0) is 4.79 Å². The summed E-state index contributed by atoms with van der Waals surface area (Å²) in [5.74, 6) is 1.55. The Balaban J connectivity index is 1.91. The lowest BCUT2D eigenvalue weighted by Crippen LogP contribution is -2.26. The third-order valence-corrected chi connectivity index (χ3v) is 5.27. The van der Waals surface area contributed by atoms with Crippen molar-refractivity contribution >= 4 is 34.1 Å². The van der Waals surface area contributed by atoms with Crippen molar-refractivity contribution in [2.75, 3.05) is 30.4 Å². The summed E-state index contributed by atoms with van der Waals surface area (Å²) in [7, 11) is 0. The number of rotatable bonds is 5. The number of nitrogens with one attached hydrogen (secondary N) is 2. The minimum absolute atomic E-state index is 0.0289. The summed E-state index contributed by atoms with van der Waals surface area (Å²) in [6, 6.07) is 0. The second kappa shape index (κ2) is 7.26. The average molecular weight is 299 g/mol. The molecule has 2 N–H and O–H groups in total. The number of nitrogens with zero attached hydrogens (tertiary/aromatic N) is 1. The summed E-state index contributed by atoms with van der Waals surface area (Å²) in [6.45, 7) is 4.11. The fraction of sp³-hybridized carbons (Fsp3) is 0.692. The first kappa shape index (κ1) is 14.8. The summed E-state index contributed by atoms with van der Waals surface area (Å²) >= 11 is 3.32. The monoisotopic (exact) mass is 299 g/mol. The molecule has 1 saturated heterocycles. The lowest BCUT2D eigenvalue weighted by molar-refractivity contribution is -0.118. The van der Waals surface area contributed by atoms with Crippen LogP contribution in [0.15, 0.2) is 6.20 Å². The Morgan fingerprint density at radius 1 is 1.63 bits per heavy atom. The van der Waals surface area contributed by atoms with Crippen LogP contribution in [0.3, 0.4) is 0 Å². The molecule has 6 heteroatoms. The van der Waals surface area contributed by atoms with Crippen LogP contribution in [0.25, 0.3) is 0 Å². The molecule has 0 saturated carbocycles. The van der Waals surface area contributed by atoms with Gasteiger partial charge >= 0.3 is 0 Å².